The third-order valence-electron chi connectivity index (χ3n) is 9.17. The van der Waals surface area contributed by atoms with Crippen molar-refractivity contribution >= 4 is 0 Å². The minimum absolute atomic E-state index is 0.0802. The fourth-order valence-corrected chi connectivity index (χ4v) is 7.78. The van der Waals surface area contributed by atoms with Gasteiger partial charge in [0, 0.05) is 13.0 Å². The van der Waals surface area contributed by atoms with Crippen LogP contribution in [0, 0.1) is 40.4 Å². The molecule has 138 valence electrons. The molecule has 0 heterocycles. The van der Waals surface area contributed by atoms with Gasteiger partial charge in [0.1, 0.15) is 0 Å². The Morgan fingerprint density at radius 1 is 0.958 bits per heavy atom. The first-order chi connectivity index (χ1) is 11.4. The fraction of sp³-hybridized carbons (Fsp3) is 1.00. The Bertz CT molecular complexity index is 480. The van der Waals surface area contributed by atoms with Crippen LogP contribution >= 0.6 is 0 Å². The van der Waals surface area contributed by atoms with Crippen molar-refractivity contribution in [2.75, 3.05) is 13.7 Å². The van der Waals surface area contributed by atoms with Crippen LogP contribution in [0.3, 0.4) is 0 Å². The van der Waals surface area contributed by atoms with Crippen LogP contribution in [0.25, 0.3) is 0 Å². The van der Waals surface area contributed by atoms with Crippen molar-refractivity contribution in [3.8, 4) is 0 Å². The van der Waals surface area contributed by atoms with E-state index in [2.05, 4.69) is 13.8 Å². The van der Waals surface area contributed by atoms with E-state index >= 15 is 0 Å². The zero-order chi connectivity index (χ0) is 17.1. The molecule has 4 rings (SSSR count). The average Bonchev–Trinajstić information content (AvgIpc) is 2.85. The molecule has 9 atom stereocenters. The summed E-state index contributed by atoms with van der Waals surface area (Å²) in [5, 5.41) is 21.1. The maximum atomic E-state index is 10.6. The van der Waals surface area contributed by atoms with Crippen LogP contribution in [0.5, 0.6) is 0 Å². The monoisotopic (exact) mass is 336 g/mol. The highest BCUT2D eigenvalue weighted by Gasteiger charge is 2.60. The van der Waals surface area contributed by atoms with E-state index in [1.807, 2.05) is 0 Å². The number of hydrogen-bond acceptors (Lipinski definition) is 3. The predicted octanol–water partition coefficient (Wildman–Crippen LogP) is 3.62. The summed E-state index contributed by atoms with van der Waals surface area (Å²) in [6.45, 7) is 5.58. The molecule has 4 aliphatic rings. The standard InChI is InChI=1S/C21H36O3/c1-20-9-8-17-15(16(20)6-7-19(20)23)5-4-14-10-18(22)13(12-24-3)11-21(14,17)2/h13-19,22-23H,4-12H2,1-3H3/t13?,14?,15-,16-,17-,18?,19?,20-,21-/m0/s1. The van der Waals surface area contributed by atoms with Crippen LogP contribution in [0.15, 0.2) is 0 Å². The highest BCUT2D eigenvalue weighted by molar-refractivity contribution is 5.10. The lowest BCUT2D eigenvalue weighted by Gasteiger charge is -2.61. The number of aliphatic hydroxyl groups excluding tert-OH is 2. The van der Waals surface area contributed by atoms with Crippen molar-refractivity contribution in [3.05, 3.63) is 0 Å². The van der Waals surface area contributed by atoms with Crippen LogP contribution in [0.1, 0.15) is 65.2 Å². The molecule has 0 aromatic heterocycles. The summed E-state index contributed by atoms with van der Waals surface area (Å²) in [5.41, 5.74) is 0.532. The summed E-state index contributed by atoms with van der Waals surface area (Å²) in [5.74, 6) is 3.28. The molecular formula is C21H36O3. The lowest BCUT2D eigenvalue weighted by atomic mass is 9.44. The summed E-state index contributed by atoms with van der Waals surface area (Å²) in [6, 6.07) is 0. The van der Waals surface area contributed by atoms with Gasteiger partial charge in [-0.15, -0.1) is 0 Å². The van der Waals surface area contributed by atoms with E-state index in [-0.39, 0.29) is 17.6 Å². The molecule has 0 aromatic rings. The van der Waals surface area contributed by atoms with Crippen LogP contribution in [0.2, 0.25) is 0 Å². The molecule has 0 aromatic carbocycles. The molecule has 0 amide bonds. The molecule has 3 heteroatoms. The van der Waals surface area contributed by atoms with Crippen molar-refractivity contribution in [2.45, 2.75) is 77.4 Å². The van der Waals surface area contributed by atoms with E-state index < -0.39 is 0 Å². The number of rotatable bonds is 2. The first kappa shape index (κ1) is 17.3. The van der Waals surface area contributed by atoms with Crippen LogP contribution < -0.4 is 0 Å². The Kier molecular flexibility index (Phi) is 4.29. The number of ether oxygens (including phenoxy) is 1. The molecule has 0 radical (unpaired) electrons. The summed E-state index contributed by atoms with van der Waals surface area (Å²) in [7, 11) is 1.76. The summed E-state index contributed by atoms with van der Waals surface area (Å²) in [4.78, 5) is 0. The van der Waals surface area contributed by atoms with E-state index in [0.29, 0.717) is 23.9 Å². The van der Waals surface area contributed by atoms with Gasteiger partial charge in [0.25, 0.3) is 0 Å². The number of hydrogen-bond donors (Lipinski definition) is 2. The fourth-order valence-electron chi connectivity index (χ4n) is 7.78. The van der Waals surface area contributed by atoms with Crippen molar-refractivity contribution in [2.24, 2.45) is 40.4 Å². The van der Waals surface area contributed by atoms with Gasteiger partial charge >= 0.3 is 0 Å². The molecule has 4 saturated carbocycles. The van der Waals surface area contributed by atoms with Gasteiger partial charge in [-0.3, -0.25) is 0 Å². The average molecular weight is 337 g/mol. The second-order valence-corrected chi connectivity index (χ2v) is 10.0. The highest BCUT2D eigenvalue weighted by atomic mass is 16.5. The predicted molar refractivity (Wildman–Crippen MR) is 94.5 cm³/mol. The molecule has 24 heavy (non-hydrogen) atoms. The number of fused-ring (bicyclic) bond motifs is 5. The van der Waals surface area contributed by atoms with Gasteiger partial charge in [0.05, 0.1) is 18.8 Å². The Balaban J connectivity index is 1.60. The zero-order valence-electron chi connectivity index (χ0n) is 15.7. The van der Waals surface area contributed by atoms with Crippen molar-refractivity contribution in [3.63, 3.8) is 0 Å². The van der Waals surface area contributed by atoms with Gasteiger partial charge in [0.2, 0.25) is 0 Å². The summed E-state index contributed by atoms with van der Waals surface area (Å²) < 4.78 is 5.42. The third-order valence-corrected chi connectivity index (χ3v) is 9.17. The normalized spacial score (nSPS) is 57.1. The molecule has 3 nitrogen and oxygen atoms in total. The zero-order valence-corrected chi connectivity index (χ0v) is 15.7. The van der Waals surface area contributed by atoms with Gasteiger partial charge in [-0.2, -0.15) is 0 Å². The van der Waals surface area contributed by atoms with Gasteiger partial charge in [-0.25, -0.2) is 0 Å². The topological polar surface area (TPSA) is 49.7 Å². The van der Waals surface area contributed by atoms with E-state index in [0.717, 1.165) is 37.0 Å². The van der Waals surface area contributed by atoms with Gasteiger partial charge in [0.15, 0.2) is 0 Å². The summed E-state index contributed by atoms with van der Waals surface area (Å²) >= 11 is 0. The van der Waals surface area contributed by atoms with Crippen molar-refractivity contribution in [1.29, 1.82) is 0 Å². The maximum absolute atomic E-state index is 10.6. The third kappa shape index (κ3) is 2.34. The quantitative estimate of drug-likeness (QED) is 0.810. The second-order valence-electron chi connectivity index (χ2n) is 10.0. The SMILES string of the molecule is COCC1C[C@@]2(C)C(CC[C@@H]3[C@@H]2CC[C@]2(C)C(O)CC[C@@H]32)CC1O. The van der Waals surface area contributed by atoms with E-state index in [1.54, 1.807) is 7.11 Å². The molecule has 0 bridgehead atoms. The first-order valence-electron chi connectivity index (χ1n) is 10.2. The number of aliphatic hydroxyl groups is 2. The molecular weight excluding hydrogens is 300 g/mol. The Hall–Kier alpha value is -0.120. The molecule has 4 aliphatic carbocycles. The first-order valence-corrected chi connectivity index (χ1v) is 10.2. The van der Waals surface area contributed by atoms with E-state index in [4.69, 9.17) is 4.74 Å². The Morgan fingerprint density at radius 3 is 2.46 bits per heavy atom. The van der Waals surface area contributed by atoms with Gasteiger partial charge in [-0.1, -0.05) is 13.8 Å². The van der Waals surface area contributed by atoms with Crippen molar-refractivity contribution in [1.82, 2.24) is 0 Å². The van der Waals surface area contributed by atoms with E-state index in [9.17, 15) is 10.2 Å². The van der Waals surface area contributed by atoms with Crippen LogP contribution in [-0.4, -0.2) is 36.1 Å². The maximum Gasteiger partial charge on any atom is 0.0596 e. The van der Waals surface area contributed by atoms with Crippen molar-refractivity contribution < 1.29 is 14.9 Å². The van der Waals surface area contributed by atoms with Gasteiger partial charge in [-0.05, 0) is 85.9 Å². The second kappa shape index (κ2) is 5.96. The smallest absolute Gasteiger partial charge is 0.0596 e. The summed E-state index contributed by atoms with van der Waals surface area (Å²) in [6.07, 6.45) is 9.14. The molecule has 4 unspecified atom stereocenters. The van der Waals surface area contributed by atoms with Crippen LogP contribution in [-0.2, 0) is 4.74 Å². The highest BCUT2D eigenvalue weighted by Crippen LogP contribution is 2.66. The molecule has 0 aliphatic heterocycles. The van der Waals surface area contributed by atoms with E-state index in [1.165, 1.54) is 32.1 Å². The molecule has 4 fully saturated rings. The molecule has 0 saturated heterocycles. The Morgan fingerprint density at radius 2 is 1.71 bits per heavy atom. The minimum atomic E-state index is -0.179. The minimum Gasteiger partial charge on any atom is -0.393 e. The largest absolute Gasteiger partial charge is 0.393 e. The molecule has 2 N–H and O–H groups in total. The lowest BCUT2D eigenvalue weighted by Crippen LogP contribution is -2.56. The van der Waals surface area contributed by atoms with Gasteiger partial charge < -0.3 is 14.9 Å². The number of methoxy groups -OCH3 is 1. The molecule has 0 spiro atoms. The van der Waals surface area contributed by atoms with Crippen LogP contribution in [0.4, 0.5) is 0 Å². The Labute approximate surface area is 147 Å². The lowest BCUT2D eigenvalue weighted by molar-refractivity contribution is -0.153.